The number of fused-ring (bicyclic) bond motifs is 1. The summed E-state index contributed by atoms with van der Waals surface area (Å²) < 4.78 is 5.49. The third-order valence-electron chi connectivity index (χ3n) is 3.45. The quantitative estimate of drug-likeness (QED) is 0.851. The highest BCUT2D eigenvalue weighted by Gasteiger charge is 2.33. The molecule has 5 heteroatoms. The Kier molecular flexibility index (Phi) is 3.78. The number of nitrogens with one attached hydrogen (secondary N) is 2. The molecule has 0 fully saturated rings. The van der Waals surface area contributed by atoms with Crippen LogP contribution in [0.5, 0.6) is 5.75 Å². The van der Waals surface area contributed by atoms with Crippen molar-refractivity contribution in [3.8, 4) is 5.75 Å². The summed E-state index contributed by atoms with van der Waals surface area (Å²) >= 11 is 0. The highest BCUT2D eigenvalue weighted by Crippen LogP contribution is 2.28. The summed E-state index contributed by atoms with van der Waals surface area (Å²) in [5.41, 5.74) is 2.70. The van der Waals surface area contributed by atoms with Crippen LogP contribution < -0.4 is 15.4 Å². The van der Waals surface area contributed by atoms with E-state index in [0.29, 0.717) is 18.0 Å². The van der Waals surface area contributed by atoms with Gasteiger partial charge in [0.2, 0.25) is 0 Å². The fourth-order valence-electron chi connectivity index (χ4n) is 2.21. The van der Waals surface area contributed by atoms with Crippen molar-refractivity contribution >= 4 is 17.5 Å². The average molecular weight is 296 g/mol. The van der Waals surface area contributed by atoms with Gasteiger partial charge in [-0.3, -0.25) is 9.59 Å². The highest BCUT2D eigenvalue weighted by molar-refractivity contribution is 6.11. The van der Waals surface area contributed by atoms with Crippen molar-refractivity contribution in [2.45, 2.75) is 19.6 Å². The Morgan fingerprint density at radius 3 is 2.68 bits per heavy atom. The predicted octanol–water partition coefficient (Wildman–Crippen LogP) is 2.01. The molecule has 22 heavy (non-hydrogen) atoms. The number of para-hydroxylation sites is 2. The number of hydrogen-bond donors (Lipinski definition) is 2. The Morgan fingerprint density at radius 2 is 1.91 bits per heavy atom. The van der Waals surface area contributed by atoms with Gasteiger partial charge in [-0.25, -0.2) is 0 Å². The molecule has 1 heterocycles. The SMILES string of the molecule is Cc1ccc(CNC(=O)C2Oc3ccccc3NC2=O)cc1. The van der Waals surface area contributed by atoms with Crippen LogP contribution in [0.1, 0.15) is 11.1 Å². The summed E-state index contributed by atoms with van der Waals surface area (Å²) in [4.78, 5) is 24.1. The topological polar surface area (TPSA) is 67.4 Å². The summed E-state index contributed by atoms with van der Waals surface area (Å²) in [6, 6.07) is 14.9. The summed E-state index contributed by atoms with van der Waals surface area (Å²) in [6.07, 6.45) is -1.17. The summed E-state index contributed by atoms with van der Waals surface area (Å²) in [7, 11) is 0. The molecule has 1 aliphatic heterocycles. The van der Waals surface area contributed by atoms with Gasteiger partial charge in [-0.1, -0.05) is 42.0 Å². The molecular weight excluding hydrogens is 280 g/mol. The second-order valence-electron chi connectivity index (χ2n) is 5.19. The largest absolute Gasteiger partial charge is 0.468 e. The molecule has 2 amide bonds. The van der Waals surface area contributed by atoms with Crippen molar-refractivity contribution in [1.29, 1.82) is 0 Å². The Morgan fingerprint density at radius 1 is 1.18 bits per heavy atom. The van der Waals surface area contributed by atoms with Crippen molar-refractivity contribution in [3.05, 3.63) is 59.7 Å². The number of hydrogen-bond acceptors (Lipinski definition) is 3. The number of carbonyl (C=O) groups excluding carboxylic acids is 2. The third-order valence-corrected chi connectivity index (χ3v) is 3.45. The third kappa shape index (κ3) is 2.93. The monoisotopic (exact) mass is 296 g/mol. The molecule has 0 aromatic heterocycles. The molecule has 0 aliphatic carbocycles. The summed E-state index contributed by atoms with van der Waals surface area (Å²) in [5.74, 6) is -0.412. The van der Waals surface area contributed by atoms with Crippen LogP contribution in [-0.4, -0.2) is 17.9 Å². The van der Waals surface area contributed by atoms with Gasteiger partial charge < -0.3 is 15.4 Å². The van der Waals surface area contributed by atoms with E-state index in [9.17, 15) is 9.59 Å². The van der Waals surface area contributed by atoms with Crippen LogP contribution in [0.15, 0.2) is 48.5 Å². The van der Waals surface area contributed by atoms with Crippen LogP contribution in [0.2, 0.25) is 0 Å². The number of amides is 2. The molecule has 5 nitrogen and oxygen atoms in total. The van der Waals surface area contributed by atoms with E-state index in [1.807, 2.05) is 31.2 Å². The standard InChI is InChI=1S/C17H16N2O3/c1-11-6-8-12(9-7-11)10-18-16(20)15-17(21)19-13-4-2-3-5-14(13)22-15/h2-9,15H,10H2,1H3,(H,18,20)(H,19,21). The van der Waals surface area contributed by atoms with E-state index in [1.165, 1.54) is 0 Å². The minimum absolute atomic E-state index is 0.355. The molecule has 0 bridgehead atoms. The fourth-order valence-corrected chi connectivity index (χ4v) is 2.21. The second-order valence-corrected chi connectivity index (χ2v) is 5.19. The van der Waals surface area contributed by atoms with Gasteiger partial charge in [0, 0.05) is 6.54 Å². The highest BCUT2D eigenvalue weighted by atomic mass is 16.5. The first-order chi connectivity index (χ1) is 10.6. The first kappa shape index (κ1) is 14.1. The van der Waals surface area contributed by atoms with Crippen molar-refractivity contribution in [2.24, 2.45) is 0 Å². The lowest BCUT2D eigenvalue weighted by Crippen LogP contribution is -2.48. The number of benzene rings is 2. The zero-order valence-electron chi connectivity index (χ0n) is 12.1. The van der Waals surface area contributed by atoms with Crippen LogP contribution in [0.4, 0.5) is 5.69 Å². The maximum Gasteiger partial charge on any atom is 0.275 e. The van der Waals surface area contributed by atoms with Gasteiger partial charge in [-0.05, 0) is 24.6 Å². The van der Waals surface area contributed by atoms with Crippen LogP contribution >= 0.6 is 0 Å². The van der Waals surface area contributed by atoms with E-state index >= 15 is 0 Å². The Hall–Kier alpha value is -2.82. The van der Waals surface area contributed by atoms with Gasteiger partial charge in [0.1, 0.15) is 5.75 Å². The minimum atomic E-state index is -1.17. The van der Waals surface area contributed by atoms with E-state index in [-0.39, 0.29) is 0 Å². The van der Waals surface area contributed by atoms with Crippen molar-refractivity contribution in [1.82, 2.24) is 5.32 Å². The van der Waals surface area contributed by atoms with Crippen molar-refractivity contribution in [2.75, 3.05) is 5.32 Å². The van der Waals surface area contributed by atoms with E-state index in [1.54, 1.807) is 24.3 Å². The van der Waals surface area contributed by atoms with Crippen LogP contribution in [0, 0.1) is 6.92 Å². The van der Waals surface area contributed by atoms with Gasteiger partial charge in [-0.15, -0.1) is 0 Å². The lowest BCUT2D eigenvalue weighted by molar-refractivity contribution is -0.137. The Labute approximate surface area is 128 Å². The molecule has 0 radical (unpaired) electrons. The number of anilines is 1. The molecule has 1 aliphatic rings. The summed E-state index contributed by atoms with van der Waals surface area (Å²) in [6.45, 7) is 2.36. The second kappa shape index (κ2) is 5.89. The van der Waals surface area contributed by atoms with Gasteiger partial charge >= 0.3 is 0 Å². The number of rotatable bonds is 3. The fraction of sp³-hybridized carbons (Fsp3) is 0.176. The zero-order valence-corrected chi connectivity index (χ0v) is 12.1. The van der Waals surface area contributed by atoms with Crippen LogP contribution in [-0.2, 0) is 16.1 Å². The molecule has 0 saturated heterocycles. The van der Waals surface area contributed by atoms with Crippen molar-refractivity contribution < 1.29 is 14.3 Å². The number of ether oxygens (including phenoxy) is 1. The van der Waals surface area contributed by atoms with Crippen LogP contribution in [0.25, 0.3) is 0 Å². The first-order valence-corrected chi connectivity index (χ1v) is 7.03. The number of carbonyl (C=O) groups is 2. The van der Waals surface area contributed by atoms with E-state index < -0.39 is 17.9 Å². The molecular formula is C17H16N2O3. The molecule has 112 valence electrons. The molecule has 2 aromatic carbocycles. The molecule has 0 spiro atoms. The number of aryl methyl sites for hydroxylation is 1. The zero-order chi connectivity index (χ0) is 15.5. The van der Waals surface area contributed by atoms with Gasteiger partial charge in [0.15, 0.2) is 0 Å². The normalized spacial score (nSPS) is 16.2. The van der Waals surface area contributed by atoms with Crippen molar-refractivity contribution in [3.63, 3.8) is 0 Å². The maximum absolute atomic E-state index is 12.2. The Bertz CT molecular complexity index is 710. The molecule has 2 aromatic rings. The molecule has 3 rings (SSSR count). The molecule has 0 saturated carbocycles. The van der Waals surface area contributed by atoms with E-state index in [2.05, 4.69) is 10.6 Å². The average Bonchev–Trinajstić information content (AvgIpc) is 2.53. The van der Waals surface area contributed by atoms with E-state index in [4.69, 9.17) is 4.74 Å². The predicted molar refractivity (Wildman–Crippen MR) is 82.5 cm³/mol. The Balaban J connectivity index is 1.65. The van der Waals surface area contributed by atoms with Gasteiger partial charge in [0.05, 0.1) is 5.69 Å². The smallest absolute Gasteiger partial charge is 0.275 e. The molecule has 2 N–H and O–H groups in total. The van der Waals surface area contributed by atoms with Gasteiger partial charge in [-0.2, -0.15) is 0 Å². The lowest BCUT2D eigenvalue weighted by atomic mass is 10.1. The summed E-state index contributed by atoms with van der Waals surface area (Å²) in [5, 5.41) is 5.40. The van der Waals surface area contributed by atoms with Crippen LogP contribution in [0.3, 0.4) is 0 Å². The minimum Gasteiger partial charge on any atom is -0.468 e. The molecule has 1 unspecified atom stereocenters. The first-order valence-electron chi connectivity index (χ1n) is 7.03. The van der Waals surface area contributed by atoms with Gasteiger partial charge in [0.25, 0.3) is 17.9 Å². The lowest BCUT2D eigenvalue weighted by Gasteiger charge is -2.24. The maximum atomic E-state index is 12.2. The molecule has 1 atom stereocenters. The van der Waals surface area contributed by atoms with E-state index in [0.717, 1.165) is 11.1 Å².